The maximum Gasteiger partial charge on any atom is 0.311 e. The van der Waals surface area contributed by atoms with Gasteiger partial charge in [-0.25, -0.2) is 52.7 Å². The average Bonchev–Trinajstić information content (AvgIpc) is 1.64. The number of fused-ring (bicyclic) bond motifs is 5. The van der Waals surface area contributed by atoms with Gasteiger partial charge in [-0.15, -0.1) is 0 Å². The molecule has 5 heterocycles. The van der Waals surface area contributed by atoms with Gasteiger partial charge >= 0.3 is 29.8 Å². The molecule has 0 amide bonds. The van der Waals surface area contributed by atoms with Crippen molar-refractivity contribution >= 4 is 136 Å². The molecule has 15 aromatic rings. The third-order valence-electron chi connectivity index (χ3n) is 19.8. The fraction of sp³-hybridized carbons (Fsp3) is 0.111. The van der Waals surface area contributed by atoms with Gasteiger partial charge in [-0.05, 0) is 155 Å². The van der Waals surface area contributed by atoms with E-state index >= 15 is 0 Å². The van der Waals surface area contributed by atoms with Crippen LogP contribution in [0.3, 0.4) is 0 Å². The topological polar surface area (TPSA) is 351 Å². The number of ketones is 5. The van der Waals surface area contributed by atoms with Gasteiger partial charge in [-0.1, -0.05) is 53.5 Å². The number of carboxylic acids is 5. The van der Waals surface area contributed by atoms with Crippen LogP contribution in [0.15, 0.2) is 219 Å². The van der Waals surface area contributed by atoms with Crippen LogP contribution in [0.5, 0.6) is 0 Å². The first-order valence-electron chi connectivity index (χ1n) is 36.6. The first-order chi connectivity index (χ1) is 59.0. The summed E-state index contributed by atoms with van der Waals surface area (Å²) in [6, 6.07) is 37.8. The summed E-state index contributed by atoms with van der Waals surface area (Å²) in [5, 5.41) is 50.4. The summed E-state index contributed by atoms with van der Waals surface area (Å²) in [6.45, 7) is 0. The van der Waals surface area contributed by atoms with Crippen LogP contribution in [0.1, 0.15) is 141 Å². The molecular formula is C90H61Cl2F12N5O15. The number of hydrogen-bond acceptors (Lipinski definition) is 10. The molecule has 10 N–H and O–H groups in total. The standard InChI is InChI=1S/2C18H12ClF2NO3.2C18H12F3NO3.C18H13F2NO3/c19-9-1-4-16-12(5-9)14(8-22-16)13(18(24)25)7-17(23)11-3-2-10(20)6-15(11)21;19-13-2-1-3-15-17(13)12(8-22-15)11(18(24)25)7-16(23)10-5-4-9(20)6-14(10)21;19-9-2-4-16-12(5-9)14(8-22-16)13(18(24)25)7-17(23)11-3-1-10(20)6-15(11)21;19-9-4-5-10(14(21)6-9)16(23)7-11(18(24)25)12-8-22-15-3-1-2-13(20)17(12)15;19-10-5-6-12(15(20)7-10)17(22)8-13(18(23)24)14-9-21-16-4-2-1-3-11(14)16/h1-6,8,13,22H,7H2,(H,24,25);1-6,8,11,22H,7H2,(H,24,25);1-6,8,13,22H,7H2,(H,24,25);1-6,8,11,22H,7H2,(H,24,25);1-7,9,13,21H,8H2,(H,23,24). The number of aromatic amines is 5. The van der Waals surface area contributed by atoms with Crippen molar-refractivity contribution in [2.75, 3.05) is 0 Å². The van der Waals surface area contributed by atoms with Gasteiger partial charge < -0.3 is 50.5 Å². The van der Waals surface area contributed by atoms with Crippen molar-refractivity contribution in [1.82, 2.24) is 24.9 Å². The molecule has 5 atom stereocenters. The molecule has 15 rings (SSSR count). The Balaban J connectivity index is 0.000000151. The molecule has 5 unspecified atom stereocenters. The zero-order valence-corrected chi connectivity index (χ0v) is 64.8. The number of halogens is 14. The SMILES string of the molecule is O=C(CC(C(=O)O)c1c[nH]c2ccc(Cl)cc12)c1ccc(F)cc1F.O=C(CC(C(=O)O)c1c[nH]c2ccc(F)cc12)c1ccc(F)cc1F.O=C(CC(C(=O)O)c1c[nH]c2cccc(Cl)c12)c1ccc(F)cc1F.O=C(CC(C(=O)O)c1c[nH]c2cccc(F)c12)c1ccc(F)cc1F.O=C(CC(C(=O)O)c1c[nH]c2ccccc12)c1ccc(F)cc1F. The minimum Gasteiger partial charge on any atom is -0.481 e. The Kier molecular flexibility index (Phi) is 28.5. The van der Waals surface area contributed by atoms with Gasteiger partial charge in [0.15, 0.2) is 28.9 Å². The molecule has 0 aliphatic rings. The molecule has 0 aliphatic carbocycles. The predicted molar refractivity (Wildman–Crippen MR) is 430 cm³/mol. The van der Waals surface area contributed by atoms with Crippen LogP contribution in [0.4, 0.5) is 52.7 Å². The van der Waals surface area contributed by atoms with E-state index in [0.29, 0.717) is 101 Å². The van der Waals surface area contributed by atoms with E-state index < -0.39 is 201 Å². The van der Waals surface area contributed by atoms with E-state index in [1.807, 2.05) is 0 Å². The van der Waals surface area contributed by atoms with Gasteiger partial charge in [0.1, 0.15) is 69.8 Å². The highest BCUT2D eigenvalue weighted by molar-refractivity contribution is 6.36. The molecule has 124 heavy (non-hydrogen) atoms. The third kappa shape index (κ3) is 21.0. The van der Waals surface area contributed by atoms with E-state index in [1.165, 1.54) is 61.3 Å². The fourth-order valence-corrected chi connectivity index (χ4v) is 14.2. The predicted octanol–water partition coefficient (Wildman–Crippen LogP) is 21.0. The Labute approximate surface area is 700 Å². The highest BCUT2D eigenvalue weighted by atomic mass is 35.5. The van der Waals surface area contributed by atoms with Gasteiger partial charge in [0, 0.05) is 153 Å². The zero-order chi connectivity index (χ0) is 89.8. The number of nitrogens with one attached hydrogen (secondary N) is 5. The molecule has 0 saturated heterocycles. The summed E-state index contributed by atoms with van der Waals surface area (Å²) in [4.78, 5) is 134. The molecule has 0 radical (unpaired) electrons. The van der Waals surface area contributed by atoms with Crippen molar-refractivity contribution in [3.8, 4) is 0 Å². The van der Waals surface area contributed by atoms with Crippen molar-refractivity contribution in [1.29, 1.82) is 0 Å². The average molecular weight is 1750 g/mol. The summed E-state index contributed by atoms with van der Waals surface area (Å²) in [5.74, 6) is -26.7. The number of aliphatic carboxylic acids is 5. The van der Waals surface area contributed by atoms with Crippen LogP contribution in [-0.4, -0.2) is 109 Å². The number of benzene rings is 10. The highest BCUT2D eigenvalue weighted by Gasteiger charge is 2.34. The number of carbonyl (C=O) groups is 10. The van der Waals surface area contributed by atoms with Crippen LogP contribution in [-0.2, 0) is 24.0 Å². The zero-order valence-electron chi connectivity index (χ0n) is 63.3. The first kappa shape index (κ1) is 90.1. The summed E-state index contributed by atoms with van der Waals surface area (Å²) >= 11 is 12.1. The third-order valence-corrected chi connectivity index (χ3v) is 20.4. The Hall–Kier alpha value is -14.7. The molecule has 0 aliphatic heterocycles. The van der Waals surface area contributed by atoms with Crippen LogP contribution in [0.25, 0.3) is 54.5 Å². The maximum atomic E-state index is 14.1. The van der Waals surface area contributed by atoms with Gasteiger partial charge in [0.25, 0.3) is 0 Å². The maximum absolute atomic E-state index is 14.1. The summed E-state index contributed by atoms with van der Waals surface area (Å²) < 4.78 is 161. The number of Topliss-reactive ketones (excluding diaryl/α,β-unsaturated/α-hetero) is 5. The highest BCUT2D eigenvalue weighted by Crippen LogP contribution is 2.38. The molecule has 5 aromatic heterocycles. The molecule has 0 bridgehead atoms. The Bertz CT molecular complexity index is 6380. The van der Waals surface area contributed by atoms with Crippen molar-refractivity contribution in [2.24, 2.45) is 0 Å². The number of rotatable bonds is 25. The van der Waals surface area contributed by atoms with Crippen LogP contribution < -0.4 is 0 Å². The second-order valence-electron chi connectivity index (χ2n) is 27.7. The molecule has 0 saturated carbocycles. The number of H-pyrrole nitrogens is 5. The molecule has 10 aromatic carbocycles. The molecule has 0 fully saturated rings. The van der Waals surface area contributed by atoms with Crippen LogP contribution in [0, 0.1) is 69.8 Å². The van der Waals surface area contributed by atoms with E-state index in [1.54, 1.807) is 66.7 Å². The Morgan fingerprint density at radius 1 is 0.258 bits per heavy atom. The lowest BCUT2D eigenvalue weighted by Gasteiger charge is -2.12. The minimum absolute atomic E-state index is 0.0716. The summed E-state index contributed by atoms with van der Waals surface area (Å²) in [5.41, 5.74) is 2.63. The van der Waals surface area contributed by atoms with Crippen molar-refractivity contribution in [3.05, 3.63) is 355 Å². The molecule has 34 heteroatoms. The lowest BCUT2D eigenvalue weighted by Crippen LogP contribution is -2.17. The van der Waals surface area contributed by atoms with E-state index in [2.05, 4.69) is 24.9 Å². The lowest BCUT2D eigenvalue weighted by molar-refractivity contribution is -0.139. The second-order valence-corrected chi connectivity index (χ2v) is 28.5. The summed E-state index contributed by atoms with van der Waals surface area (Å²) in [6.07, 6.45) is 4.74. The van der Waals surface area contributed by atoms with Crippen LogP contribution in [0.2, 0.25) is 10.0 Å². The molecule has 20 nitrogen and oxygen atoms in total. The normalized spacial score (nSPS) is 12.3. The van der Waals surface area contributed by atoms with E-state index in [9.17, 15) is 126 Å². The minimum atomic E-state index is -1.37. The molecule has 0 spiro atoms. The van der Waals surface area contributed by atoms with Gasteiger partial charge in [-0.3, -0.25) is 47.9 Å². The first-order valence-corrected chi connectivity index (χ1v) is 37.4. The van der Waals surface area contributed by atoms with E-state index in [0.717, 1.165) is 66.2 Å². The Morgan fingerprint density at radius 3 is 0.887 bits per heavy atom. The molecular weight excluding hydrogens is 1690 g/mol. The largest absolute Gasteiger partial charge is 0.481 e. The van der Waals surface area contributed by atoms with Gasteiger partial charge in [-0.2, -0.15) is 0 Å². The number of aromatic nitrogens is 5. The van der Waals surface area contributed by atoms with Crippen molar-refractivity contribution < 1.29 is 126 Å². The number of para-hydroxylation sites is 1. The van der Waals surface area contributed by atoms with Gasteiger partial charge in [0.2, 0.25) is 0 Å². The van der Waals surface area contributed by atoms with E-state index in [4.69, 9.17) is 23.2 Å². The monoisotopic (exact) mass is 1750 g/mol. The van der Waals surface area contributed by atoms with Crippen LogP contribution >= 0.6 is 23.2 Å². The second kappa shape index (κ2) is 39.2. The number of carbonyl (C=O) groups excluding carboxylic acids is 5. The van der Waals surface area contributed by atoms with Crippen molar-refractivity contribution in [3.63, 3.8) is 0 Å². The quantitative estimate of drug-likeness (QED) is 0.0188. The number of hydrogen-bond donors (Lipinski definition) is 10. The lowest BCUT2D eigenvalue weighted by atomic mass is 9.91. The van der Waals surface area contributed by atoms with Gasteiger partial charge in [0.05, 0.1) is 62.4 Å². The smallest absolute Gasteiger partial charge is 0.311 e. The molecule has 634 valence electrons. The van der Waals surface area contributed by atoms with Crippen molar-refractivity contribution in [2.45, 2.75) is 61.7 Å². The fourth-order valence-electron chi connectivity index (χ4n) is 13.8. The van der Waals surface area contributed by atoms with E-state index in [-0.39, 0.29) is 33.2 Å². The Morgan fingerprint density at radius 2 is 0.524 bits per heavy atom. The number of carboxylic acid groups (broad SMARTS) is 5. The summed E-state index contributed by atoms with van der Waals surface area (Å²) in [7, 11) is 0.